The normalized spacial score (nSPS) is 12.6. The van der Waals surface area contributed by atoms with Gasteiger partial charge in [-0.25, -0.2) is 9.07 Å². The lowest BCUT2D eigenvalue weighted by atomic mass is 10.1. The highest BCUT2D eigenvalue weighted by Gasteiger charge is 2.12. The molecule has 1 aromatic heterocycles. The first-order chi connectivity index (χ1) is 11.7. The zero-order chi connectivity index (χ0) is 16.9. The van der Waals surface area contributed by atoms with Crippen LogP contribution in [-0.2, 0) is 0 Å². The predicted octanol–water partition coefficient (Wildman–Crippen LogP) is 4.55. The molecule has 24 heavy (non-hydrogen) atoms. The fourth-order valence-electron chi connectivity index (χ4n) is 2.38. The Morgan fingerprint density at radius 2 is 1.79 bits per heavy atom. The summed E-state index contributed by atoms with van der Waals surface area (Å²) in [4.78, 5) is 5.24. The Kier molecular flexibility index (Phi) is 5.01. The molecule has 0 radical (unpaired) electrons. The van der Waals surface area contributed by atoms with Crippen molar-refractivity contribution >= 4 is 17.0 Å². The van der Waals surface area contributed by atoms with Gasteiger partial charge < -0.3 is 0 Å². The first-order valence-corrected chi connectivity index (χ1v) is 8.65. The van der Waals surface area contributed by atoms with E-state index in [2.05, 4.69) is 4.99 Å². The summed E-state index contributed by atoms with van der Waals surface area (Å²) in [5, 5.41) is 6.61. The van der Waals surface area contributed by atoms with Crippen LogP contribution in [0.15, 0.2) is 70.1 Å². The summed E-state index contributed by atoms with van der Waals surface area (Å²) < 4.78 is 16.0. The van der Waals surface area contributed by atoms with Crippen LogP contribution in [0.3, 0.4) is 0 Å². The standard InChI is InChI=1S/C19H18FN3S/c1-3-21-19-23(22-14(2)15-9-5-4-6-10-15)18(13-24-19)16-11-7-8-12-17(16)20/h4-13H,3H2,1-2H3. The smallest absolute Gasteiger partial charge is 0.206 e. The lowest BCUT2D eigenvalue weighted by Gasteiger charge is -2.07. The van der Waals surface area contributed by atoms with Crippen molar-refractivity contribution in [1.29, 1.82) is 0 Å². The van der Waals surface area contributed by atoms with Gasteiger partial charge in [-0.05, 0) is 31.5 Å². The molecule has 0 saturated carbocycles. The van der Waals surface area contributed by atoms with Crippen molar-refractivity contribution in [2.24, 2.45) is 10.1 Å². The molecule has 0 N–H and O–H groups in total. The molecule has 3 rings (SSSR count). The van der Waals surface area contributed by atoms with E-state index < -0.39 is 0 Å². The first-order valence-electron chi connectivity index (χ1n) is 7.77. The van der Waals surface area contributed by atoms with Crippen molar-refractivity contribution < 1.29 is 4.39 Å². The number of rotatable bonds is 4. The third-order valence-electron chi connectivity index (χ3n) is 3.57. The Bertz CT molecular complexity index is 923. The maximum absolute atomic E-state index is 14.2. The van der Waals surface area contributed by atoms with Crippen LogP contribution < -0.4 is 4.80 Å². The van der Waals surface area contributed by atoms with E-state index in [1.807, 2.05) is 55.6 Å². The van der Waals surface area contributed by atoms with E-state index in [9.17, 15) is 4.39 Å². The van der Waals surface area contributed by atoms with Crippen LogP contribution in [0.4, 0.5) is 4.39 Å². The number of aromatic nitrogens is 1. The van der Waals surface area contributed by atoms with Gasteiger partial charge in [-0.3, -0.25) is 4.99 Å². The highest BCUT2D eigenvalue weighted by molar-refractivity contribution is 7.07. The summed E-state index contributed by atoms with van der Waals surface area (Å²) in [7, 11) is 0. The zero-order valence-electron chi connectivity index (χ0n) is 13.6. The fourth-order valence-corrected chi connectivity index (χ4v) is 3.27. The molecule has 2 aromatic carbocycles. The van der Waals surface area contributed by atoms with Gasteiger partial charge in [0.1, 0.15) is 5.82 Å². The number of benzene rings is 2. The molecule has 0 aliphatic heterocycles. The molecule has 0 atom stereocenters. The fraction of sp³-hybridized carbons (Fsp3) is 0.158. The molecule has 0 amide bonds. The molecule has 122 valence electrons. The van der Waals surface area contributed by atoms with E-state index in [-0.39, 0.29) is 5.82 Å². The minimum atomic E-state index is -0.264. The molecule has 0 saturated heterocycles. The molecule has 0 aliphatic rings. The molecule has 0 unspecified atom stereocenters. The molecule has 5 heteroatoms. The maximum Gasteiger partial charge on any atom is 0.206 e. The van der Waals surface area contributed by atoms with Gasteiger partial charge in [-0.15, -0.1) is 11.3 Å². The van der Waals surface area contributed by atoms with Crippen LogP contribution >= 0.6 is 11.3 Å². The van der Waals surface area contributed by atoms with Gasteiger partial charge in [0, 0.05) is 17.5 Å². The number of thiazole rings is 1. The second kappa shape index (κ2) is 7.36. The summed E-state index contributed by atoms with van der Waals surface area (Å²) in [6.07, 6.45) is 0. The minimum absolute atomic E-state index is 0.264. The monoisotopic (exact) mass is 339 g/mol. The molecular formula is C19H18FN3S. The van der Waals surface area contributed by atoms with Crippen molar-refractivity contribution in [2.75, 3.05) is 6.54 Å². The van der Waals surface area contributed by atoms with Crippen molar-refractivity contribution in [2.45, 2.75) is 13.8 Å². The number of nitrogens with zero attached hydrogens (tertiary/aromatic N) is 3. The van der Waals surface area contributed by atoms with Crippen LogP contribution in [0.25, 0.3) is 11.3 Å². The Morgan fingerprint density at radius 3 is 2.50 bits per heavy atom. The molecule has 0 spiro atoms. The second-order valence-corrected chi connectivity index (χ2v) is 6.06. The zero-order valence-corrected chi connectivity index (χ0v) is 14.4. The number of hydrogen-bond acceptors (Lipinski definition) is 3. The van der Waals surface area contributed by atoms with Crippen molar-refractivity contribution in [3.8, 4) is 11.3 Å². The third-order valence-corrected chi connectivity index (χ3v) is 4.42. The van der Waals surface area contributed by atoms with Crippen molar-refractivity contribution in [3.05, 3.63) is 76.2 Å². The van der Waals surface area contributed by atoms with E-state index in [1.54, 1.807) is 16.8 Å². The Labute approximate surface area is 144 Å². The van der Waals surface area contributed by atoms with Crippen LogP contribution in [0, 0.1) is 5.82 Å². The Hall–Kier alpha value is -2.53. The average Bonchev–Trinajstić information content (AvgIpc) is 2.99. The van der Waals surface area contributed by atoms with Gasteiger partial charge in [0.25, 0.3) is 0 Å². The topological polar surface area (TPSA) is 29.6 Å². The highest BCUT2D eigenvalue weighted by Crippen LogP contribution is 2.23. The molecular weight excluding hydrogens is 321 g/mol. The number of halogens is 1. The summed E-state index contributed by atoms with van der Waals surface area (Å²) >= 11 is 1.46. The van der Waals surface area contributed by atoms with Gasteiger partial charge in [0.2, 0.25) is 4.80 Å². The molecule has 0 fully saturated rings. The minimum Gasteiger partial charge on any atom is -0.258 e. The van der Waals surface area contributed by atoms with E-state index in [1.165, 1.54) is 17.4 Å². The average molecular weight is 339 g/mol. The van der Waals surface area contributed by atoms with E-state index in [0.717, 1.165) is 16.1 Å². The summed E-state index contributed by atoms with van der Waals surface area (Å²) in [5.41, 5.74) is 3.11. The molecule has 0 aliphatic carbocycles. The Balaban J connectivity index is 2.18. The molecule has 1 heterocycles. The lowest BCUT2D eigenvalue weighted by molar-refractivity contribution is 0.629. The lowest BCUT2D eigenvalue weighted by Crippen LogP contribution is -2.14. The van der Waals surface area contributed by atoms with Crippen molar-refractivity contribution in [3.63, 3.8) is 0 Å². The van der Waals surface area contributed by atoms with Crippen LogP contribution in [0.1, 0.15) is 19.4 Å². The molecule has 3 aromatic rings. The van der Waals surface area contributed by atoms with Crippen LogP contribution in [0.5, 0.6) is 0 Å². The van der Waals surface area contributed by atoms with Gasteiger partial charge in [-0.2, -0.15) is 5.10 Å². The third kappa shape index (κ3) is 3.36. The summed E-state index contributed by atoms with van der Waals surface area (Å²) in [6, 6.07) is 16.7. The quantitative estimate of drug-likeness (QED) is 0.624. The van der Waals surface area contributed by atoms with Crippen LogP contribution in [0.2, 0.25) is 0 Å². The van der Waals surface area contributed by atoms with Gasteiger partial charge >= 0.3 is 0 Å². The number of hydrogen-bond donors (Lipinski definition) is 0. The van der Waals surface area contributed by atoms with Gasteiger partial charge in [0.15, 0.2) is 0 Å². The predicted molar refractivity (Wildman–Crippen MR) is 97.9 cm³/mol. The second-order valence-electron chi connectivity index (χ2n) is 5.22. The van der Waals surface area contributed by atoms with Crippen LogP contribution in [-0.4, -0.2) is 16.9 Å². The molecule has 3 nitrogen and oxygen atoms in total. The van der Waals surface area contributed by atoms with E-state index >= 15 is 0 Å². The van der Waals surface area contributed by atoms with Crippen molar-refractivity contribution in [1.82, 2.24) is 4.68 Å². The van der Waals surface area contributed by atoms with E-state index in [0.29, 0.717) is 17.8 Å². The Morgan fingerprint density at radius 1 is 1.08 bits per heavy atom. The maximum atomic E-state index is 14.2. The molecule has 0 bridgehead atoms. The van der Waals surface area contributed by atoms with E-state index in [4.69, 9.17) is 5.10 Å². The first kappa shape index (κ1) is 16.3. The van der Waals surface area contributed by atoms with Gasteiger partial charge in [0.05, 0.1) is 11.4 Å². The van der Waals surface area contributed by atoms with Gasteiger partial charge in [-0.1, -0.05) is 42.5 Å². The largest absolute Gasteiger partial charge is 0.258 e. The summed E-state index contributed by atoms with van der Waals surface area (Å²) in [6.45, 7) is 4.57. The highest BCUT2D eigenvalue weighted by atomic mass is 32.1. The summed E-state index contributed by atoms with van der Waals surface area (Å²) in [5.74, 6) is -0.264. The SMILES string of the molecule is CCN=c1scc(-c2ccccc2F)n1N=C(C)c1ccccc1.